The van der Waals surface area contributed by atoms with Gasteiger partial charge in [0.25, 0.3) is 5.91 Å². The van der Waals surface area contributed by atoms with Crippen molar-refractivity contribution in [1.29, 1.82) is 0 Å². The van der Waals surface area contributed by atoms with Crippen LogP contribution in [0.25, 0.3) is 0 Å². The Bertz CT molecular complexity index is 1450. The van der Waals surface area contributed by atoms with E-state index < -0.39 is 23.9 Å². The van der Waals surface area contributed by atoms with Gasteiger partial charge in [-0.25, -0.2) is 14.2 Å². The number of carbonyl (C=O) groups is 2. The second-order valence-electron chi connectivity index (χ2n) is 8.40. The van der Waals surface area contributed by atoms with E-state index in [9.17, 15) is 14.0 Å². The second-order valence-corrected chi connectivity index (χ2v) is 9.18. The number of thiophene rings is 1. The number of halogens is 1. The number of hydrogen-bond acceptors (Lipinski definition) is 4. The first-order valence-corrected chi connectivity index (χ1v) is 12.3. The first kappa shape index (κ1) is 23.4. The number of aryl methyl sites for hydroxylation is 1. The molecule has 4 aromatic rings. The molecule has 2 N–H and O–H groups in total. The average molecular weight is 499 g/mol. The number of amides is 3. The minimum atomic E-state index is -1.27. The monoisotopic (exact) mass is 498 g/mol. The lowest BCUT2D eigenvalue weighted by Crippen LogP contribution is -2.48. The zero-order valence-corrected chi connectivity index (χ0v) is 20.3. The number of para-hydroxylation sites is 1. The Labute approximate surface area is 212 Å². The van der Waals surface area contributed by atoms with E-state index in [-0.39, 0.29) is 12.1 Å². The number of rotatable bonds is 5. The fourth-order valence-electron chi connectivity index (χ4n) is 4.13. The molecule has 1 unspecified atom stereocenters. The van der Waals surface area contributed by atoms with Crippen molar-refractivity contribution in [3.8, 4) is 0 Å². The van der Waals surface area contributed by atoms with Crippen LogP contribution in [0.2, 0.25) is 0 Å². The second kappa shape index (κ2) is 10.1. The third kappa shape index (κ3) is 4.89. The van der Waals surface area contributed by atoms with Crippen LogP contribution in [0.3, 0.4) is 0 Å². The maximum absolute atomic E-state index is 14.9. The van der Waals surface area contributed by atoms with Gasteiger partial charge in [0.15, 0.2) is 0 Å². The van der Waals surface area contributed by atoms with Crippen LogP contribution in [0.4, 0.5) is 20.6 Å². The van der Waals surface area contributed by atoms with E-state index in [2.05, 4.69) is 15.6 Å². The highest BCUT2D eigenvalue weighted by Gasteiger charge is 2.33. The molecule has 0 saturated carbocycles. The predicted molar refractivity (Wildman–Crippen MR) is 141 cm³/mol. The maximum Gasteiger partial charge on any atom is 0.321 e. The minimum Gasteiger partial charge on any atom is -0.308 e. The first-order chi connectivity index (χ1) is 17.5. The molecule has 0 aliphatic carbocycles. The molecule has 2 heterocycles. The van der Waals surface area contributed by atoms with Gasteiger partial charge in [0.2, 0.25) is 6.17 Å². The van der Waals surface area contributed by atoms with Crippen molar-refractivity contribution in [3.63, 3.8) is 0 Å². The highest BCUT2D eigenvalue weighted by Crippen LogP contribution is 2.30. The van der Waals surface area contributed by atoms with E-state index in [0.29, 0.717) is 22.6 Å². The molecule has 36 heavy (non-hydrogen) atoms. The largest absolute Gasteiger partial charge is 0.321 e. The first-order valence-electron chi connectivity index (χ1n) is 11.4. The Hall–Kier alpha value is -4.30. The van der Waals surface area contributed by atoms with Gasteiger partial charge in [-0.05, 0) is 65.2 Å². The van der Waals surface area contributed by atoms with Gasteiger partial charge in [-0.2, -0.15) is 11.3 Å². The van der Waals surface area contributed by atoms with Crippen molar-refractivity contribution >= 4 is 40.4 Å². The molecule has 0 spiro atoms. The topological polar surface area (TPSA) is 73.8 Å². The number of nitrogens with one attached hydrogen (secondary N) is 2. The summed E-state index contributed by atoms with van der Waals surface area (Å²) in [5.74, 6) is -0.882. The highest BCUT2D eigenvalue weighted by molar-refractivity contribution is 7.07. The van der Waals surface area contributed by atoms with Gasteiger partial charge in [0.05, 0.1) is 17.9 Å². The van der Waals surface area contributed by atoms with Crippen LogP contribution in [0.15, 0.2) is 94.6 Å². The van der Waals surface area contributed by atoms with E-state index in [1.165, 1.54) is 17.4 Å². The molecule has 6 nitrogen and oxygen atoms in total. The molecule has 3 aromatic carbocycles. The van der Waals surface area contributed by atoms with Gasteiger partial charge in [-0.3, -0.25) is 4.79 Å². The molecule has 5 rings (SSSR count). The molecule has 1 aliphatic heterocycles. The number of anilines is 2. The van der Waals surface area contributed by atoms with Crippen molar-refractivity contribution in [2.45, 2.75) is 19.6 Å². The number of benzene rings is 3. The van der Waals surface area contributed by atoms with Gasteiger partial charge >= 0.3 is 6.03 Å². The number of fused-ring (bicyclic) bond motifs is 1. The summed E-state index contributed by atoms with van der Waals surface area (Å²) >= 11 is 1.53. The number of carbonyl (C=O) groups excluding carboxylic acids is 2. The van der Waals surface area contributed by atoms with Crippen molar-refractivity contribution in [2.75, 3.05) is 10.2 Å². The normalized spacial score (nSPS) is 15.1. The van der Waals surface area contributed by atoms with Gasteiger partial charge in [-0.15, -0.1) is 0 Å². The van der Waals surface area contributed by atoms with E-state index in [1.54, 1.807) is 29.2 Å². The van der Waals surface area contributed by atoms with Crippen LogP contribution >= 0.6 is 11.3 Å². The molecule has 1 aliphatic rings. The fraction of sp³-hybridized carbons (Fsp3) is 0.107. The van der Waals surface area contributed by atoms with Gasteiger partial charge in [-0.1, -0.05) is 42.5 Å². The van der Waals surface area contributed by atoms with Crippen LogP contribution in [-0.4, -0.2) is 23.8 Å². The Balaban J connectivity index is 1.57. The lowest BCUT2D eigenvalue weighted by atomic mass is 9.99. The molecule has 0 saturated heterocycles. The summed E-state index contributed by atoms with van der Waals surface area (Å²) in [6, 6.07) is 22.2. The number of hydrogen-bond donors (Lipinski definition) is 2. The molecular weight excluding hydrogens is 475 g/mol. The molecule has 0 fully saturated rings. The quantitative estimate of drug-likeness (QED) is 0.369. The van der Waals surface area contributed by atoms with Crippen LogP contribution in [-0.2, 0) is 11.3 Å². The van der Waals surface area contributed by atoms with Crippen LogP contribution in [0.1, 0.15) is 22.3 Å². The Morgan fingerprint density at radius 2 is 1.81 bits per heavy atom. The van der Waals surface area contributed by atoms with Gasteiger partial charge in [0.1, 0.15) is 5.82 Å². The summed E-state index contributed by atoms with van der Waals surface area (Å²) in [4.78, 5) is 33.0. The summed E-state index contributed by atoms with van der Waals surface area (Å²) in [5, 5.41) is 9.35. The summed E-state index contributed by atoms with van der Waals surface area (Å²) in [6.07, 6.45) is -1.27. The molecular formula is C28H23FN4O2S. The lowest BCUT2D eigenvalue weighted by Gasteiger charge is -2.25. The molecule has 1 atom stereocenters. The van der Waals surface area contributed by atoms with Crippen molar-refractivity contribution in [1.82, 2.24) is 5.32 Å². The highest BCUT2D eigenvalue weighted by atomic mass is 32.1. The van der Waals surface area contributed by atoms with Crippen LogP contribution in [0.5, 0.6) is 0 Å². The molecule has 1 aromatic heterocycles. The van der Waals surface area contributed by atoms with E-state index in [4.69, 9.17) is 0 Å². The zero-order chi connectivity index (χ0) is 25.1. The van der Waals surface area contributed by atoms with Crippen molar-refractivity contribution < 1.29 is 14.0 Å². The van der Waals surface area contributed by atoms with E-state index in [0.717, 1.165) is 11.1 Å². The standard InChI is InChI=1S/C28H23FN4O2S/c1-18-7-6-8-20(15-18)30-28(35)32-26-27(34)33(16-19-13-14-36-17-19)24-12-5-3-10-22(24)25(31-26)21-9-2-4-11-23(21)29/h2-15,17,26H,16H2,1H3,(H2,30,32,35). The Morgan fingerprint density at radius 3 is 2.56 bits per heavy atom. The van der Waals surface area contributed by atoms with Crippen LogP contribution in [0, 0.1) is 12.7 Å². The predicted octanol–water partition coefficient (Wildman–Crippen LogP) is 5.73. The molecule has 0 radical (unpaired) electrons. The number of benzodiazepines with no additional fused rings is 1. The average Bonchev–Trinajstić information content (AvgIpc) is 3.35. The smallest absolute Gasteiger partial charge is 0.308 e. The summed E-state index contributed by atoms with van der Waals surface area (Å²) in [7, 11) is 0. The molecule has 0 bridgehead atoms. The Kier molecular flexibility index (Phi) is 6.60. The SMILES string of the molecule is Cc1cccc(NC(=O)NC2N=C(c3ccccc3F)c3ccccc3N(Cc3ccsc3)C2=O)c1. The minimum absolute atomic E-state index is 0.251. The van der Waals surface area contributed by atoms with Crippen LogP contribution < -0.4 is 15.5 Å². The van der Waals surface area contributed by atoms with E-state index in [1.807, 2.05) is 66.2 Å². The maximum atomic E-state index is 14.9. The Morgan fingerprint density at radius 1 is 1.03 bits per heavy atom. The molecule has 180 valence electrons. The third-order valence-electron chi connectivity index (χ3n) is 5.80. The van der Waals surface area contributed by atoms with Crippen molar-refractivity contribution in [3.05, 3.63) is 118 Å². The molecule has 8 heteroatoms. The van der Waals surface area contributed by atoms with Gasteiger partial charge in [0, 0.05) is 16.8 Å². The zero-order valence-electron chi connectivity index (χ0n) is 19.4. The third-order valence-corrected chi connectivity index (χ3v) is 6.53. The van der Waals surface area contributed by atoms with Crippen molar-refractivity contribution in [2.24, 2.45) is 4.99 Å². The summed E-state index contributed by atoms with van der Waals surface area (Å²) in [5.41, 5.74) is 4.27. The number of aliphatic imine (C=N–C) groups is 1. The summed E-state index contributed by atoms with van der Waals surface area (Å²) < 4.78 is 14.9. The number of urea groups is 1. The number of nitrogens with zero attached hydrogens (tertiary/aromatic N) is 2. The summed E-state index contributed by atoms with van der Waals surface area (Å²) in [6.45, 7) is 2.21. The fourth-order valence-corrected chi connectivity index (χ4v) is 4.79. The van der Waals surface area contributed by atoms with E-state index >= 15 is 0 Å². The molecule has 3 amide bonds. The van der Waals surface area contributed by atoms with Gasteiger partial charge < -0.3 is 15.5 Å². The lowest BCUT2D eigenvalue weighted by molar-refractivity contribution is -0.120.